The Morgan fingerprint density at radius 2 is 1.56 bits per heavy atom. The summed E-state index contributed by atoms with van der Waals surface area (Å²) >= 11 is 0. The van der Waals surface area contributed by atoms with Crippen molar-refractivity contribution in [3.8, 4) is 5.75 Å². The van der Waals surface area contributed by atoms with Crippen LogP contribution in [0.25, 0.3) is 0 Å². The summed E-state index contributed by atoms with van der Waals surface area (Å²) in [6.45, 7) is 1.67. The fraction of sp³-hybridized carbons (Fsp3) is 0.708. The van der Waals surface area contributed by atoms with Gasteiger partial charge in [0.05, 0.1) is 12.3 Å². The summed E-state index contributed by atoms with van der Waals surface area (Å²) in [5.74, 6) is 0.134. The second-order valence-electron chi connectivity index (χ2n) is 8.44. The minimum absolute atomic E-state index is 0.127. The van der Waals surface area contributed by atoms with Gasteiger partial charge in [0.2, 0.25) is 12.2 Å². The highest BCUT2D eigenvalue weighted by molar-refractivity contribution is 5.92. The third-order valence-electron chi connectivity index (χ3n) is 5.76. The number of hydrogen-bond donors (Lipinski definition) is 5. The van der Waals surface area contributed by atoms with Crippen LogP contribution in [0.5, 0.6) is 5.75 Å². The van der Waals surface area contributed by atoms with Gasteiger partial charge in [-0.3, -0.25) is 4.79 Å². The van der Waals surface area contributed by atoms with Crippen molar-refractivity contribution in [3.05, 3.63) is 24.3 Å². The average Bonchev–Trinajstić information content (AvgIpc) is 2.79. The molecule has 0 radical (unpaired) electrons. The molecule has 1 unspecified atom stereocenters. The van der Waals surface area contributed by atoms with E-state index < -0.39 is 37.3 Å². The number of aliphatic hydroxyl groups is 4. The predicted octanol–water partition coefficient (Wildman–Crippen LogP) is 2.72. The van der Waals surface area contributed by atoms with Crippen LogP contribution in [0.15, 0.2) is 24.3 Å². The molecule has 182 valence electrons. The van der Waals surface area contributed by atoms with E-state index in [9.17, 15) is 25.2 Å². The molecule has 5 atom stereocenters. The molecule has 1 aromatic rings. The van der Waals surface area contributed by atoms with Crippen LogP contribution in [0.1, 0.15) is 71.1 Å². The number of hydrogen-bond acceptors (Lipinski definition) is 7. The summed E-state index contributed by atoms with van der Waals surface area (Å²) in [6, 6.07) is 6.73. The molecule has 1 heterocycles. The Balaban J connectivity index is 1.78. The largest absolute Gasteiger partial charge is 0.460 e. The van der Waals surface area contributed by atoms with Gasteiger partial charge >= 0.3 is 0 Å². The maximum absolute atomic E-state index is 12.4. The SMILES string of the molecule is CCCCCCCCCCCC(=O)Nc1ccccc1OC1O[C@H](CO)[C@H](O)[C@H](O)[C@H]1O. The molecule has 1 aliphatic rings. The molecular weight excluding hydrogens is 414 g/mol. The van der Waals surface area contributed by atoms with Crippen molar-refractivity contribution in [2.45, 2.75) is 102 Å². The number of carbonyl (C=O) groups excluding carboxylic acids is 1. The third-order valence-corrected chi connectivity index (χ3v) is 5.76. The molecule has 1 fully saturated rings. The van der Waals surface area contributed by atoms with Gasteiger partial charge in [0.1, 0.15) is 30.2 Å². The van der Waals surface area contributed by atoms with Crippen LogP contribution >= 0.6 is 0 Å². The molecule has 0 bridgehead atoms. The Hall–Kier alpha value is -1.71. The third kappa shape index (κ3) is 8.33. The minimum atomic E-state index is -1.53. The van der Waals surface area contributed by atoms with Gasteiger partial charge in [-0.25, -0.2) is 0 Å². The van der Waals surface area contributed by atoms with E-state index in [1.54, 1.807) is 24.3 Å². The molecular formula is C24H39NO7. The Morgan fingerprint density at radius 3 is 2.22 bits per heavy atom. The molecule has 8 heteroatoms. The van der Waals surface area contributed by atoms with E-state index in [0.717, 1.165) is 19.3 Å². The fourth-order valence-electron chi connectivity index (χ4n) is 3.77. The first-order chi connectivity index (χ1) is 15.5. The topological polar surface area (TPSA) is 128 Å². The van der Waals surface area contributed by atoms with Crippen LogP contribution in [-0.2, 0) is 9.53 Å². The molecule has 0 aliphatic carbocycles. The van der Waals surface area contributed by atoms with E-state index in [-0.39, 0.29) is 11.7 Å². The monoisotopic (exact) mass is 453 g/mol. The number of para-hydroxylation sites is 2. The highest BCUT2D eigenvalue weighted by atomic mass is 16.7. The van der Waals surface area contributed by atoms with Crippen LogP contribution in [0, 0.1) is 0 Å². The normalized spacial score (nSPS) is 25.5. The molecule has 1 amide bonds. The van der Waals surface area contributed by atoms with Crippen LogP contribution in [-0.4, -0.2) is 63.6 Å². The van der Waals surface area contributed by atoms with Crippen molar-refractivity contribution in [2.75, 3.05) is 11.9 Å². The van der Waals surface area contributed by atoms with Crippen molar-refractivity contribution in [1.29, 1.82) is 0 Å². The molecule has 1 saturated heterocycles. The van der Waals surface area contributed by atoms with Crippen molar-refractivity contribution in [2.24, 2.45) is 0 Å². The van der Waals surface area contributed by atoms with Crippen molar-refractivity contribution in [1.82, 2.24) is 0 Å². The first-order valence-corrected chi connectivity index (χ1v) is 11.8. The Labute approximate surface area is 190 Å². The Bertz CT molecular complexity index is 670. The van der Waals surface area contributed by atoms with E-state index in [4.69, 9.17) is 9.47 Å². The number of anilines is 1. The number of nitrogens with one attached hydrogen (secondary N) is 1. The quantitative estimate of drug-likeness (QED) is 0.274. The number of carbonyl (C=O) groups is 1. The predicted molar refractivity (Wildman–Crippen MR) is 121 cm³/mol. The smallest absolute Gasteiger partial charge is 0.229 e. The van der Waals surface area contributed by atoms with Crippen LogP contribution in [0.4, 0.5) is 5.69 Å². The zero-order valence-corrected chi connectivity index (χ0v) is 19.0. The van der Waals surface area contributed by atoms with Crippen molar-refractivity contribution < 1.29 is 34.7 Å². The lowest BCUT2D eigenvalue weighted by molar-refractivity contribution is -0.277. The van der Waals surface area contributed by atoms with Crippen molar-refractivity contribution in [3.63, 3.8) is 0 Å². The molecule has 8 nitrogen and oxygen atoms in total. The molecule has 32 heavy (non-hydrogen) atoms. The highest BCUT2D eigenvalue weighted by Gasteiger charge is 2.44. The van der Waals surface area contributed by atoms with Crippen LogP contribution in [0.2, 0.25) is 0 Å². The number of unbranched alkanes of at least 4 members (excludes halogenated alkanes) is 8. The number of benzene rings is 1. The first kappa shape index (κ1) is 26.5. The highest BCUT2D eigenvalue weighted by Crippen LogP contribution is 2.29. The van der Waals surface area contributed by atoms with Crippen molar-refractivity contribution >= 4 is 11.6 Å². The fourth-order valence-corrected chi connectivity index (χ4v) is 3.77. The lowest BCUT2D eigenvalue weighted by Crippen LogP contribution is -2.60. The summed E-state index contributed by atoms with van der Waals surface area (Å²) in [6.07, 6.45) is 4.14. The second-order valence-corrected chi connectivity index (χ2v) is 8.44. The second kappa shape index (κ2) is 14.4. The minimum Gasteiger partial charge on any atom is -0.460 e. The summed E-state index contributed by atoms with van der Waals surface area (Å²) < 4.78 is 11.1. The molecule has 1 aromatic carbocycles. The van der Waals surface area contributed by atoms with Gasteiger partial charge in [-0.05, 0) is 18.6 Å². The first-order valence-electron chi connectivity index (χ1n) is 11.8. The lowest BCUT2D eigenvalue weighted by atomic mass is 9.99. The molecule has 0 spiro atoms. The van der Waals surface area contributed by atoms with Gasteiger partial charge in [-0.1, -0.05) is 70.4 Å². The van der Waals surface area contributed by atoms with Crippen LogP contribution in [0.3, 0.4) is 0 Å². The van der Waals surface area contributed by atoms with E-state index in [0.29, 0.717) is 12.1 Å². The molecule has 1 aliphatic heterocycles. The van der Waals surface area contributed by atoms with E-state index in [2.05, 4.69) is 12.2 Å². The van der Waals surface area contributed by atoms with Gasteiger partial charge in [0.15, 0.2) is 0 Å². The standard InChI is InChI=1S/C24H39NO7/c1-2-3-4-5-6-7-8-9-10-15-20(27)25-17-13-11-12-14-18(17)31-24-23(30)22(29)21(28)19(16-26)32-24/h11-14,19,21-24,26,28-30H,2-10,15-16H2,1H3,(H,25,27)/t19-,21+,22+,23-,24?/m1/s1. The number of rotatable bonds is 14. The summed E-state index contributed by atoms with van der Waals surface area (Å²) in [7, 11) is 0. The van der Waals surface area contributed by atoms with Gasteiger partial charge in [0, 0.05) is 6.42 Å². The molecule has 0 aromatic heterocycles. The lowest BCUT2D eigenvalue weighted by Gasteiger charge is -2.39. The average molecular weight is 454 g/mol. The van der Waals surface area contributed by atoms with Crippen LogP contribution < -0.4 is 10.1 Å². The summed E-state index contributed by atoms with van der Waals surface area (Å²) in [5.41, 5.74) is 0.422. The zero-order chi connectivity index (χ0) is 23.3. The molecule has 0 saturated carbocycles. The van der Waals surface area contributed by atoms with Gasteiger partial charge < -0.3 is 35.2 Å². The maximum Gasteiger partial charge on any atom is 0.229 e. The molecule has 2 rings (SSSR count). The van der Waals surface area contributed by atoms with Gasteiger partial charge in [0.25, 0.3) is 0 Å². The number of amides is 1. The number of ether oxygens (including phenoxy) is 2. The maximum atomic E-state index is 12.4. The van der Waals surface area contributed by atoms with Gasteiger partial charge in [-0.2, -0.15) is 0 Å². The van der Waals surface area contributed by atoms with E-state index in [1.165, 1.54) is 38.5 Å². The van der Waals surface area contributed by atoms with Gasteiger partial charge in [-0.15, -0.1) is 0 Å². The zero-order valence-electron chi connectivity index (χ0n) is 19.0. The molecule has 5 N–H and O–H groups in total. The Kier molecular flexibility index (Phi) is 12.0. The number of aliphatic hydroxyl groups excluding tert-OH is 4. The summed E-state index contributed by atoms with van der Waals surface area (Å²) in [4.78, 5) is 12.4. The van der Waals surface area contributed by atoms with E-state index in [1.807, 2.05) is 0 Å². The van der Waals surface area contributed by atoms with E-state index >= 15 is 0 Å². The Morgan fingerprint density at radius 1 is 0.938 bits per heavy atom. The summed E-state index contributed by atoms with van der Waals surface area (Å²) in [5, 5.41) is 42.1.